The van der Waals surface area contributed by atoms with Gasteiger partial charge in [0.15, 0.2) is 0 Å². The molecule has 0 bridgehead atoms. The number of hydrogen-bond acceptors (Lipinski definition) is 4. The first-order chi connectivity index (χ1) is 13.9. The number of nitrogens with zero attached hydrogens (tertiary/aromatic N) is 1. The fourth-order valence-corrected chi connectivity index (χ4v) is 4.51. The number of anilines is 1. The van der Waals surface area contributed by atoms with Crippen LogP contribution in [0.5, 0.6) is 5.75 Å². The molecule has 0 aliphatic carbocycles. The zero-order valence-corrected chi connectivity index (χ0v) is 16.9. The van der Waals surface area contributed by atoms with Crippen LogP contribution in [0.2, 0.25) is 0 Å². The van der Waals surface area contributed by atoms with E-state index in [-0.39, 0.29) is 5.91 Å². The van der Waals surface area contributed by atoms with Crippen molar-refractivity contribution in [1.82, 2.24) is 5.32 Å². The van der Waals surface area contributed by atoms with Gasteiger partial charge in [-0.15, -0.1) is 0 Å². The molecule has 4 rings (SSSR count). The van der Waals surface area contributed by atoms with Crippen molar-refractivity contribution in [2.24, 2.45) is 0 Å². The quantitative estimate of drug-likeness (QED) is 0.634. The summed E-state index contributed by atoms with van der Waals surface area (Å²) in [5.41, 5.74) is 2.05. The van der Waals surface area contributed by atoms with Crippen molar-refractivity contribution in [1.29, 1.82) is 0 Å². The van der Waals surface area contributed by atoms with E-state index >= 15 is 0 Å². The molecule has 1 N–H and O–H groups in total. The summed E-state index contributed by atoms with van der Waals surface area (Å²) in [5, 5.41) is 5.10. The average molecular weight is 410 g/mol. The standard InChI is InChI=1S/C22H22N2O4S/c1-29(26,27)24-12-10-18-14-19(7-9-21(18)24)22(25)23-11-13-28-20-8-6-16-4-2-3-5-17(16)15-20/h2-9,14-15H,10-13H2,1H3,(H,23,25). The molecule has 0 saturated heterocycles. The van der Waals surface area contributed by atoms with Gasteiger partial charge in [0, 0.05) is 12.1 Å². The van der Waals surface area contributed by atoms with Crippen LogP contribution in [0.15, 0.2) is 60.7 Å². The van der Waals surface area contributed by atoms with Gasteiger partial charge in [0.1, 0.15) is 12.4 Å². The van der Waals surface area contributed by atoms with E-state index in [1.165, 1.54) is 10.6 Å². The minimum Gasteiger partial charge on any atom is -0.492 e. The van der Waals surface area contributed by atoms with Gasteiger partial charge in [-0.1, -0.05) is 30.3 Å². The number of rotatable bonds is 6. The maximum absolute atomic E-state index is 12.4. The lowest BCUT2D eigenvalue weighted by Gasteiger charge is -2.16. The number of sulfonamides is 1. The Morgan fingerprint density at radius 1 is 1.07 bits per heavy atom. The number of carbonyl (C=O) groups excluding carboxylic acids is 1. The van der Waals surface area contributed by atoms with Gasteiger partial charge in [0.05, 0.1) is 18.5 Å². The molecule has 1 aliphatic heterocycles. The summed E-state index contributed by atoms with van der Waals surface area (Å²) < 4.78 is 30.7. The molecule has 0 fully saturated rings. The van der Waals surface area contributed by atoms with E-state index < -0.39 is 10.0 Å². The third-order valence-electron chi connectivity index (χ3n) is 4.97. The number of ether oxygens (including phenoxy) is 1. The highest BCUT2D eigenvalue weighted by Gasteiger charge is 2.26. The van der Waals surface area contributed by atoms with Crippen molar-refractivity contribution in [3.8, 4) is 5.75 Å². The van der Waals surface area contributed by atoms with Gasteiger partial charge < -0.3 is 10.1 Å². The van der Waals surface area contributed by atoms with Gasteiger partial charge in [-0.2, -0.15) is 0 Å². The molecule has 29 heavy (non-hydrogen) atoms. The molecule has 0 spiro atoms. The lowest BCUT2D eigenvalue weighted by Crippen LogP contribution is -2.28. The van der Waals surface area contributed by atoms with E-state index in [1.54, 1.807) is 18.2 Å². The summed E-state index contributed by atoms with van der Waals surface area (Å²) in [4.78, 5) is 12.4. The van der Waals surface area contributed by atoms with Crippen LogP contribution < -0.4 is 14.4 Å². The Hall–Kier alpha value is -3.06. The van der Waals surface area contributed by atoms with Crippen LogP contribution in [-0.2, 0) is 16.4 Å². The highest BCUT2D eigenvalue weighted by Crippen LogP contribution is 2.30. The lowest BCUT2D eigenvalue weighted by molar-refractivity contribution is 0.0947. The minimum atomic E-state index is -3.29. The maximum atomic E-state index is 12.4. The minimum absolute atomic E-state index is 0.201. The van der Waals surface area contributed by atoms with Crippen molar-refractivity contribution >= 4 is 32.4 Å². The molecule has 3 aromatic rings. The number of fused-ring (bicyclic) bond motifs is 2. The highest BCUT2D eigenvalue weighted by atomic mass is 32.2. The molecule has 1 aliphatic rings. The Bertz CT molecular complexity index is 1170. The van der Waals surface area contributed by atoms with Crippen molar-refractivity contribution < 1.29 is 17.9 Å². The van der Waals surface area contributed by atoms with Crippen LogP contribution in [-0.4, -0.2) is 40.3 Å². The van der Waals surface area contributed by atoms with Crippen LogP contribution in [0, 0.1) is 0 Å². The molecule has 0 atom stereocenters. The maximum Gasteiger partial charge on any atom is 0.251 e. The second kappa shape index (κ2) is 7.75. The first-order valence-corrected chi connectivity index (χ1v) is 11.3. The van der Waals surface area contributed by atoms with Gasteiger partial charge in [-0.25, -0.2) is 8.42 Å². The van der Waals surface area contributed by atoms with E-state index in [2.05, 4.69) is 5.32 Å². The van der Waals surface area contributed by atoms with E-state index in [0.29, 0.717) is 37.4 Å². The summed E-state index contributed by atoms with van der Waals surface area (Å²) in [6, 6.07) is 19.1. The van der Waals surface area contributed by atoms with Crippen molar-refractivity contribution in [2.75, 3.05) is 30.3 Å². The van der Waals surface area contributed by atoms with Gasteiger partial charge >= 0.3 is 0 Å². The summed E-state index contributed by atoms with van der Waals surface area (Å²) in [6.45, 7) is 1.15. The average Bonchev–Trinajstić information content (AvgIpc) is 3.14. The third-order valence-corrected chi connectivity index (χ3v) is 6.15. The van der Waals surface area contributed by atoms with Gasteiger partial charge in [0.25, 0.3) is 5.91 Å². The molecule has 0 saturated carbocycles. The number of amides is 1. The summed E-state index contributed by atoms with van der Waals surface area (Å²) in [6.07, 6.45) is 1.80. The fourth-order valence-electron chi connectivity index (χ4n) is 3.55. The Balaban J connectivity index is 1.33. The Morgan fingerprint density at radius 2 is 1.86 bits per heavy atom. The first kappa shape index (κ1) is 19.3. The Kier molecular flexibility index (Phi) is 5.15. The molecule has 6 nitrogen and oxygen atoms in total. The molecule has 1 amide bonds. The lowest BCUT2D eigenvalue weighted by atomic mass is 10.1. The first-order valence-electron chi connectivity index (χ1n) is 9.42. The largest absolute Gasteiger partial charge is 0.492 e. The van der Waals surface area contributed by atoms with Crippen molar-refractivity contribution in [3.63, 3.8) is 0 Å². The molecular weight excluding hydrogens is 388 g/mol. The van der Waals surface area contributed by atoms with E-state index in [4.69, 9.17) is 4.74 Å². The summed E-state index contributed by atoms with van der Waals surface area (Å²) in [7, 11) is -3.29. The third kappa shape index (κ3) is 4.19. The van der Waals surface area contributed by atoms with Crippen LogP contribution >= 0.6 is 0 Å². The molecule has 1 heterocycles. The van der Waals surface area contributed by atoms with Crippen LogP contribution in [0.4, 0.5) is 5.69 Å². The Morgan fingerprint density at radius 3 is 2.66 bits per heavy atom. The number of nitrogens with one attached hydrogen (secondary N) is 1. The van der Waals surface area contributed by atoms with Crippen LogP contribution in [0.25, 0.3) is 10.8 Å². The second-order valence-electron chi connectivity index (χ2n) is 7.04. The number of carbonyl (C=O) groups is 1. The number of benzene rings is 3. The predicted molar refractivity (Wildman–Crippen MR) is 114 cm³/mol. The molecule has 0 aromatic heterocycles. The van der Waals surface area contributed by atoms with E-state index in [9.17, 15) is 13.2 Å². The van der Waals surface area contributed by atoms with E-state index in [0.717, 1.165) is 22.1 Å². The zero-order valence-electron chi connectivity index (χ0n) is 16.1. The van der Waals surface area contributed by atoms with Gasteiger partial charge in [-0.05, 0) is 53.1 Å². The fraction of sp³-hybridized carbons (Fsp3) is 0.227. The molecule has 3 aromatic carbocycles. The van der Waals surface area contributed by atoms with Gasteiger partial charge in [-0.3, -0.25) is 9.10 Å². The molecule has 0 unspecified atom stereocenters. The molecular formula is C22H22N2O4S. The van der Waals surface area contributed by atoms with E-state index in [1.807, 2.05) is 42.5 Å². The normalized spacial score (nSPS) is 13.3. The van der Waals surface area contributed by atoms with Gasteiger partial charge in [0.2, 0.25) is 10.0 Å². The smallest absolute Gasteiger partial charge is 0.251 e. The summed E-state index contributed by atoms with van der Waals surface area (Å²) >= 11 is 0. The molecule has 7 heteroatoms. The topological polar surface area (TPSA) is 75.7 Å². The number of hydrogen-bond donors (Lipinski definition) is 1. The highest BCUT2D eigenvalue weighted by molar-refractivity contribution is 7.92. The predicted octanol–water partition coefficient (Wildman–Crippen LogP) is 2.97. The molecule has 150 valence electrons. The zero-order chi connectivity index (χ0) is 20.4. The molecule has 0 radical (unpaired) electrons. The monoisotopic (exact) mass is 410 g/mol. The Labute approximate surface area is 170 Å². The van der Waals surface area contributed by atoms with Crippen molar-refractivity contribution in [3.05, 3.63) is 71.8 Å². The summed E-state index contributed by atoms with van der Waals surface area (Å²) in [5.74, 6) is 0.559. The van der Waals surface area contributed by atoms with Crippen LogP contribution in [0.1, 0.15) is 15.9 Å². The SMILES string of the molecule is CS(=O)(=O)N1CCc2cc(C(=O)NCCOc3ccc4ccccc4c3)ccc21. The van der Waals surface area contributed by atoms with Crippen LogP contribution in [0.3, 0.4) is 0 Å². The second-order valence-corrected chi connectivity index (χ2v) is 8.95. The van der Waals surface area contributed by atoms with Crippen molar-refractivity contribution in [2.45, 2.75) is 6.42 Å².